The quantitative estimate of drug-likeness (QED) is 0.877. The number of rotatable bonds is 6. The molecule has 0 radical (unpaired) electrons. The molecule has 1 aromatic rings. The van der Waals surface area contributed by atoms with Crippen molar-refractivity contribution in [3.8, 4) is 5.75 Å². The van der Waals surface area contributed by atoms with Crippen LogP contribution in [0.5, 0.6) is 5.75 Å². The number of aliphatic carboxylic acids is 1. The van der Waals surface area contributed by atoms with Gasteiger partial charge < -0.3 is 9.84 Å². The molecule has 0 aliphatic carbocycles. The molecule has 0 amide bonds. The Kier molecular flexibility index (Phi) is 5.55. The summed E-state index contributed by atoms with van der Waals surface area (Å²) < 4.78 is 51.4. The highest BCUT2D eigenvalue weighted by Crippen LogP contribution is 2.23. The number of carboxylic acids is 1. The third-order valence-corrected chi connectivity index (χ3v) is 4.06. The zero-order chi connectivity index (χ0) is 15.3. The van der Waals surface area contributed by atoms with Crippen LogP contribution in [0.3, 0.4) is 0 Å². The van der Waals surface area contributed by atoms with Gasteiger partial charge in [0, 0.05) is 21.8 Å². The van der Waals surface area contributed by atoms with E-state index in [1.807, 2.05) is 0 Å². The minimum atomic E-state index is -4.75. The van der Waals surface area contributed by atoms with Crippen molar-refractivity contribution in [3.05, 3.63) is 29.8 Å². The van der Waals surface area contributed by atoms with Crippen LogP contribution in [0.25, 0.3) is 0 Å². The Balaban J connectivity index is 2.61. The van der Waals surface area contributed by atoms with Gasteiger partial charge in [-0.25, -0.2) is 0 Å². The summed E-state index contributed by atoms with van der Waals surface area (Å²) in [5.41, 5.74) is 0.551. The van der Waals surface area contributed by atoms with E-state index < -0.39 is 28.4 Å². The molecule has 8 heteroatoms. The Morgan fingerprint density at radius 1 is 1.35 bits per heavy atom. The van der Waals surface area contributed by atoms with E-state index >= 15 is 0 Å². The molecule has 20 heavy (non-hydrogen) atoms. The molecule has 0 aliphatic rings. The van der Waals surface area contributed by atoms with E-state index in [2.05, 4.69) is 4.74 Å². The summed E-state index contributed by atoms with van der Waals surface area (Å²) in [7, 11) is -1.41. The molecule has 0 fully saturated rings. The molecular weight excluding hydrogens is 297 g/mol. The third-order valence-electron chi connectivity index (χ3n) is 2.38. The van der Waals surface area contributed by atoms with Gasteiger partial charge in [-0.15, -0.1) is 13.2 Å². The molecule has 0 bridgehead atoms. The number of benzene rings is 1. The Labute approximate surface area is 116 Å². The van der Waals surface area contributed by atoms with Crippen LogP contribution in [0.2, 0.25) is 0 Å². The predicted octanol–water partition coefficient (Wildman–Crippen LogP) is 2.70. The van der Waals surface area contributed by atoms with E-state index in [0.717, 1.165) is 12.1 Å². The van der Waals surface area contributed by atoms with Crippen molar-refractivity contribution in [2.75, 3.05) is 0 Å². The maximum absolute atomic E-state index is 12.0. The number of ether oxygens (including phenoxy) is 1. The van der Waals surface area contributed by atoms with Crippen LogP contribution >= 0.6 is 0 Å². The van der Waals surface area contributed by atoms with Crippen molar-refractivity contribution in [1.82, 2.24) is 0 Å². The lowest BCUT2D eigenvalue weighted by atomic mass is 10.2. The summed E-state index contributed by atoms with van der Waals surface area (Å²) in [5, 5.41) is 8.06. The van der Waals surface area contributed by atoms with Crippen molar-refractivity contribution in [2.24, 2.45) is 0 Å². The first-order valence-electron chi connectivity index (χ1n) is 5.61. The maximum Gasteiger partial charge on any atom is 0.573 e. The lowest BCUT2D eigenvalue weighted by Gasteiger charge is -2.11. The standard InChI is InChI=1S/C12H13F3O4S/c1-8(6-11(16)17)20(18)7-9-2-4-10(5-3-9)19-12(13,14)15/h2-5,8H,6-7H2,1H3,(H,16,17). The van der Waals surface area contributed by atoms with Crippen molar-refractivity contribution < 1.29 is 32.0 Å². The highest BCUT2D eigenvalue weighted by Gasteiger charge is 2.30. The van der Waals surface area contributed by atoms with Crippen LogP contribution in [0.15, 0.2) is 24.3 Å². The summed E-state index contributed by atoms with van der Waals surface area (Å²) in [6, 6.07) is 4.99. The topological polar surface area (TPSA) is 63.6 Å². The number of halogens is 3. The summed E-state index contributed by atoms with van der Waals surface area (Å²) in [4.78, 5) is 10.5. The fourth-order valence-electron chi connectivity index (χ4n) is 1.43. The molecule has 4 nitrogen and oxygen atoms in total. The molecule has 2 unspecified atom stereocenters. The molecule has 1 rings (SSSR count). The van der Waals surface area contributed by atoms with E-state index in [1.165, 1.54) is 12.1 Å². The van der Waals surface area contributed by atoms with Gasteiger partial charge in [-0.1, -0.05) is 19.1 Å². The third kappa shape index (κ3) is 6.05. The van der Waals surface area contributed by atoms with E-state index in [-0.39, 0.29) is 17.9 Å². The highest BCUT2D eigenvalue weighted by atomic mass is 32.2. The average Bonchev–Trinajstić information content (AvgIpc) is 2.28. The van der Waals surface area contributed by atoms with Gasteiger partial charge in [0.15, 0.2) is 0 Å². The van der Waals surface area contributed by atoms with Crippen molar-refractivity contribution in [2.45, 2.75) is 30.7 Å². The molecule has 0 aromatic heterocycles. The fraction of sp³-hybridized carbons (Fsp3) is 0.417. The predicted molar refractivity (Wildman–Crippen MR) is 66.7 cm³/mol. The van der Waals surface area contributed by atoms with Gasteiger partial charge in [-0.2, -0.15) is 0 Å². The number of carboxylic acid groups (broad SMARTS) is 1. The number of hydrogen-bond acceptors (Lipinski definition) is 3. The zero-order valence-electron chi connectivity index (χ0n) is 10.5. The molecule has 0 saturated heterocycles. The van der Waals surface area contributed by atoms with Gasteiger partial charge in [0.1, 0.15) is 5.75 Å². The normalized spacial score (nSPS) is 14.6. The fourth-order valence-corrected chi connectivity index (χ4v) is 2.57. The Bertz CT molecular complexity index is 484. The molecular formula is C12H13F3O4S. The number of hydrogen-bond donors (Lipinski definition) is 1. The molecule has 1 aromatic carbocycles. The SMILES string of the molecule is CC(CC(=O)O)S(=O)Cc1ccc(OC(F)(F)F)cc1. The summed E-state index contributed by atoms with van der Waals surface area (Å²) in [6.45, 7) is 1.55. The molecule has 0 saturated carbocycles. The first-order valence-corrected chi connectivity index (χ1v) is 6.99. The maximum atomic E-state index is 12.0. The molecule has 2 atom stereocenters. The monoisotopic (exact) mass is 310 g/mol. The summed E-state index contributed by atoms with van der Waals surface area (Å²) in [6.07, 6.45) is -4.97. The second-order valence-corrected chi connectivity index (χ2v) is 5.98. The van der Waals surface area contributed by atoms with Gasteiger partial charge in [-0.05, 0) is 17.7 Å². The zero-order valence-corrected chi connectivity index (χ0v) is 11.3. The second-order valence-electron chi connectivity index (χ2n) is 4.13. The summed E-state index contributed by atoms with van der Waals surface area (Å²) in [5.74, 6) is -1.31. The second kappa shape index (κ2) is 6.74. The van der Waals surface area contributed by atoms with Gasteiger partial charge in [0.25, 0.3) is 0 Å². The van der Waals surface area contributed by atoms with Crippen LogP contribution in [0.1, 0.15) is 18.9 Å². The van der Waals surface area contributed by atoms with E-state index in [4.69, 9.17) is 5.11 Å². The van der Waals surface area contributed by atoms with Crippen LogP contribution in [0, 0.1) is 0 Å². The van der Waals surface area contributed by atoms with Gasteiger partial charge in [0.2, 0.25) is 0 Å². The van der Waals surface area contributed by atoms with E-state index in [0.29, 0.717) is 5.56 Å². The van der Waals surface area contributed by atoms with Crippen LogP contribution in [0.4, 0.5) is 13.2 Å². The number of alkyl halides is 3. The highest BCUT2D eigenvalue weighted by molar-refractivity contribution is 7.84. The Morgan fingerprint density at radius 2 is 1.90 bits per heavy atom. The van der Waals surface area contributed by atoms with Crippen molar-refractivity contribution in [1.29, 1.82) is 0 Å². The molecule has 0 spiro atoms. The molecule has 112 valence electrons. The Morgan fingerprint density at radius 3 is 2.35 bits per heavy atom. The average molecular weight is 310 g/mol. The minimum absolute atomic E-state index is 0.0841. The smallest absolute Gasteiger partial charge is 0.481 e. The largest absolute Gasteiger partial charge is 0.573 e. The molecule has 1 N–H and O–H groups in total. The van der Waals surface area contributed by atoms with Crippen LogP contribution in [-0.2, 0) is 21.3 Å². The molecule has 0 aliphatic heterocycles. The lowest BCUT2D eigenvalue weighted by molar-refractivity contribution is -0.274. The van der Waals surface area contributed by atoms with Crippen LogP contribution < -0.4 is 4.74 Å². The lowest BCUT2D eigenvalue weighted by Crippen LogP contribution is -2.18. The Hall–Kier alpha value is -1.57. The van der Waals surface area contributed by atoms with Gasteiger partial charge in [0.05, 0.1) is 6.42 Å². The van der Waals surface area contributed by atoms with Crippen molar-refractivity contribution >= 4 is 16.8 Å². The van der Waals surface area contributed by atoms with Gasteiger partial charge >= 0.3 is 12.3 Å². The van der Waals surface area contributed by atoms with E-state index in [1.54, 1.807) is 6.92 Å². The molecule has 0 heterocycles. The van der Waals surface area contributed by atoms with Gasteiger partial charge in [-0.3, -0.25) is 9.00 Å². The first kappa shape index (κ1) is 16.5. The minimum Gasteiger partial charge on any atom is -0.481 e. The first-order chi connectivity index (χ1) is 9.17. The summed E-state index contributed by atoms with van der Waals surface area (Å²) >= 11 is 0. The van der Waals surface area contributed by atoms with Crippen LogP contribution in [-0.4, -0.2) is 26.9 Å². The number of carbonyl (C=O) groups is 1. The van der Waals surface area contributed by atoms with E-state index in [9.17, 15) is 22.2 Å². The van der Waals surface area contributed by atoms with Crippen molar-refractivity contribution in [3.63, 3.8) is 0 Å².